The van der Waals surface area contributed by atoms with Crippen LogP contribution in [0.5, 0.6) is 0 Å². The van der Waals surface area contributed by atoms with E-state index in [2.05, 4.69) is 0 Å². The highest BCUT2D eigenvalue weighted by Gasteiger charge is 2.76. The zero-order chi connectivity index (χ0) is 23.0. The third kappa shape index (κ3) is 2.63. The molecule has 8 nitrogen and oxygen atoms in total. The van der Waals surface area contributed by atoms with Crippen molar-refractivity contribution >= 4 is 23.5 Å². The lowest BCUT2D eigenvalue weighted by molar-refractivity contribution is -0.261. The van der Waals surface area contributed by atoms with Crippen molar-refractivity contribution in [3.05, 3.63) is 11.3 Å². The fraction of sp³-hybridized carbons (Fsp3) is 0.739. The molecule has 0 spiro atoms. The Hall–Kier alpha value is -2.22. The van der Waals surface area contributed by atoms with E-state index >= 15 is 0 Å². The number of methoxy groups -OCH3 is 1. The summed E-state index contributed by atoms with van der Waals surface area (Å²) in [5.74, 6) is -3.75. The first kappa shape index (κ1) is 22.0. The van der Waals surface area contributed by atoms with Crippen LogP contribution in [0.4, 0.5) is 0 Å². The van der Waals surface area contributed by atoms with Gasteiger partial charge in [-0.2, -0.15) is 0 Å². The minimum atomic E-state index is -1.31. The number of carbonyl (C=O) groups excluding carboxylic acids is 4. The van der Waals surface area contributed by atoms with Crippen LogP contribution in [0.15, 0.2) is 11.3 Å². The Morgan fingerprint density at radius 2 is 1.87 bits per heavy atom. The van der Waals surface area contributed by atoms with Crippen LogP contribution in [0.3, 0.4) is 0 Å². The maximum absolute atomic E-state index is 13.8. The van der Waals surface area contributed by atoms with E-state index in [1.54, 1.807) is 13.8 Å². The Balaban J connectivity index is 2.04. The summed E-state index contributed by atoms with van der Waals surface area (Å²) < 4.78 is 17.0. The third-order valence-corrected chi connectivity index (χ3v) is 8.47. The molecule has 1 aliphatic heterocycles. The lowest BCUT2D eigenvalue weighted by Crippen LogP contribution is -2.75. The van der Waals surface area contributed by atoms with Gasteiger partial charge in [0.05, 0.1) is 13.5 Å². The second kappa shape index (κ2) is 6.89. The summed E-state index contributed by atoms with van der Waals surface area (Å²) in [6, 6.07) is 0. The first-order valence-electron chi connectivity index (χ1n) is 10.8. The van der Waals surface area contributed by atoms with Gasteiger partial charge in [0, 0.05) is 35.5 Å². The van der Waals surface area contributed by atoms with Crippen molar-refractivity contribution < 1.29 is 38.5 Å². The number of hydrogen-bond donors (Lipinski definition) is 1. The van der Waals surface area contributed by atoms with Crippen molar-refractivity contribution in [2.24, 2.45) is 34.5 Å². The molecule has 1 N–H and O–H groups in total. The number of rotatable bonds is 2. The number of esters is 2. The van der Waals surface area contributed by atoms with Crippen LogP contribution in [0.2, 0.25) is 0 Å². The van der Waals surface area contributed by atoms with E-state index in [1.165, 1.54) is 14.0 Å². The molecular weight excluding hydrogens is 404 g/mol. The van der Waals surface area contributed by atoms with Crippen LogP contribution in [0, 0.1) is 34.5 Å². The maximum Gasteiger partial charge on any atom is 0.306 e. The van der Waals surface area contributed by atoms with Crippen molar-refractivity contribution in [1.82, 2.24) is 0 Å². The molecule has 170 valence electrons. The lowest BCUT2D eigenvalue weighted by Gasteiger charge is -2.66. The summed E-state index contributed by atoms with van der Waals surface area (Å²) in [7, 11) is 1.41. The molecule has 0 aromatic heterocycles. The molecule has 0 aromatic carbocycles. The van der Waals surface area contributed by atoms with Gasteiger partial charge in [-0.25, -0.2) is 0 Å². The van der Waals surface area contributed by atoms with Gasteiger partial charge in [0.25, 0.3) is 0 Å². The highest BCUT2D eigenvalue weighted by Crippen LogP contribution is 2.67. The molecule has 0 aromatic rings. The SMILES string of the molecule is COC1=C(C)C2CC(=O)OC3C(OC(C)=O)C4C(C)CC(O)C(=O)C4(C)C(C1=O)C23C. The summed E-state index contributed by atoms with van der Waals surface area (Å²) in [5, 5.41) is 10.6. The number of ketones is 2. The maximum atomic E-state index is 13.8. The van der Waals surface area contributed by atoms with Crippen LogP contribution >= 0.6 is 0 Å². The molecule has 9 unspecified atom stereocenters. The molecule has 8 heteroatoms. The summed E-state index contributed by atoms with van der Waals surface area (Å²) in [6.07, 6.45) is -2.77. The topological polar surface area (TPSA) is 116 Å². The fourth-order valence-corrected chi connectivity index (χ4v) is 7.49. The molecule has 0 bridgehead atoms. The van der Waals surface area contributed by atoms with Crippen molar-refractivity contribution in [2.75, 3.05) is 7.11 Å². The van der Waals surface area contributed by atoms with E-state index in [0.717, 1.165) is 0 Å². The van der Waals surface area contributed by atoms with E-state index < -0.39 is 64.6 Å². The number of aliphatic hydroxyl groups is 1. The fourth-order valence-electron chi connectivity index (χ4n) is 7.49. The zero-order valence-corrected chi connectivity index (χ0v) is 18.8. The van der Waals surface area contributed by atoms with Gasteiger partial charge in [-0.3, -0.25) is 19.2 Å². The number of aliphatic hydroxyl groups excluding tert-OH is 1. The number of ether oxygens (including phenoxy) is 3. The van der Waals surface area contributed by atoms with E-state index in [9.17, 15) is 24.3 Å². The Morgan fingerprint density at radius 3 is 2.45 bits per heavy atom. The Kier molecular flexibility index (Phi) is 4.89. The van der Waals surface area contributed by atoms with Crippen LogP contribution < -0.4 is 0 Å². The number of fused-ring (bicyclic) bond motifs is 2. The molecule has 1 saturated heterocycles. The van der Waals surface area contributed by atoms with Crippen molar-refractivity contribution in [2.45, 2.75) is 65.8 Å². The quantitative estimate of drug-likeness (QED) is 0.651. The number of carbonyl (C=O) groups is 4. The monoisotopic (exact) mass is 434 g/mol. The molecule has 2 saturated carbocycles. The number of allylic oxidation sites excluding steroid dienone is 2. The van der Waals surface area contributed by atoms with Crippen molar-refractivity contribution in [3.63, 3.8) is 0 Å². The van der Waals surface area contributed by atoms with E-state index in [-0.39, 0.29) is 30.3 Å². The Labute approximate surface area is 181 Å². The highest BCUT2D eigenvalue weighted by atomic mass is 16.6. The van der Waals surface area contributed by atoms with E-state index in [0.29, 0.717) is 5.57 Å². The molecule has 4 aliphatic rings. The molecular formula is C23H30O8. The van der Waals surface area contributed by atoms with Crippen molar-refractivity contribution in [1.29, 1.82) is 0 Å². The van der Waals surface area contributed by atoms with Gasteiger partial charge in [0.15, 0.2) is 11.5 Å². The normalized spacial score (nSPS) is 46.7. The Morgan fingerprint density at radius 1 is 1.23 bits per heavy atom. The zero-order valence-electron chi connectivity index (χ0n) is 18.8. The number of hydrogen-bond acceptors (Lipinski definition) is 8. The smallest absolute Gasteiger partial charge is 0.306 e. The largest absolute Gasteiger partial charge is 0.493 e. The first-order valence-corrected chi connectivity index (χ1v) is 10.8. The first-order chi connectivity index (χ1) is 14.4. The molecule has 9 atom stereocenters. The minimum Gasteiger partial charge on any atom is -0.493 e. The van der Waals surface area contributed by atoms with Crippen LogP contribution in [0.1, 0.15) is 47.5 Å². The summed E-state index contributed by atoms with van der Waals surface area (Å²) >= 11 is 0. The molecule has 1 heterocycles. The predicted molar refractivity (Wildman–Crippen MR) is 106 cm³/mol. The summed E-state index contributed by atoms with van der Waals surface area (Å²) in [5.41, 5.74) is -1.67. The van der Waals surface area contributed by atoms with Crippen LogP contribution in [-0.2, 0) is 33.4 Å². The molecule has 0 amide bonds. The predicted octanol–water partition coefficient (Wildman–Crippen LogP) is 1.58. The molecule has 31 heavy (non-hydrogen) atoms. The number of Topliss-reactive ketones (excluding diaryl/α,β-unsaturated/α-hetero) is 2. The van der Waals surface area contributed by atoms with Gasteiger partial charge >= 0.3 is 11.9 Å². The van der Waals surface area contributed by atoms with E-state index in [1.807, 2.05) is 13.8 Å². The van der Waals surface area contributed by atoms with Crippen molar-refractivity contribution in [3.8, 4) is 0 Å². The van der Waals surface area contributed by atoms with Gasteiger partial charge in [-0.15, -0.1) is 0 Å². The van der Waals surface area contributed by atoms with Gasteiger partial charge in [-0.1, -0.05) is 20.8 Å². The standard InChI is InChI=1S/C23H30O8/c1-9-7-13(25)20(28)23(5)15(9)18(30-11(3)24)21-22(4)12(8-14(26)31-21)10(2)17(29-6)16(27)19(22)23/h9,12-13,15,18-19,21,25H,7-8H2,1-6H3. The Bertz CT molecular complexity index is 905. The minimum absolute atomic E-state index is 0.0370. The van der Waals surface area contributed by atoms with Gasteiger partial charge in [0.2, 0.25) is 5.78 Å². The lowest BCUT2D eigenvalue weighted by atomic mass is 9.38. The van der Waals surface area contributed by atoms with Crippen LogP contribution in [0.25, 0.3) is 0 Å². The molecule has 0 radical (unpaired) electrons. The molecule has 3 fully saturated rings. The average molecular weight is 434 g/mol. The molecule has 3 aliphatic carbocycles. The summed E-state index contributed by atoms with van der Waals surface area (Å²) in [6.45, 7) is 8.43. The second-order valence-electron chi connectivity index (χ2n) is 10.0. The van der Waals surface area contributed by atoms with E-state index in [4.69, 9.17) is 14.2 Å². The van der Waals surface area contributed by atoms with Gasteiger partial charge < -0.3 is 19.3 Å². The average Bonchev–Trinajstić information content (AvgIpc) is 2.66. The van der Waals surface area contributed by atoms with Gasteiger partial charge in [-0.05, 0) is 24.8 Å². The molecule has 4 rings (SSSR count). The summed E-state index contributed by atoms with van der Waals surface area (Å²) in [4.78, 5) is 52.1. The third-order valence-electron chi connectivity index (χ3n) is 8.47. The van der Waals surface area contributed by atoms with Crippen LogP contribution in [-0.4, -0.2) is 54.0 Å². The second-order valence-corrected chi connectivity index (χ2v) is 10.0. The van der Waals surface area contributed by atoms with Gasteiger partial charge in [0.1, 0.15) is 18.3 Å². The highest BCUT2D eigenvalue weighted by molar-refractivity contribution is 6.04.